The molecule has 1 aromatic rings. The zero-order valence-electron chi connectivity index (χ0n) is 74.7. The van der Waals surface area contributed by atoms with Crippen molar-refractivity contribution in [3.05, 3.63) is 29.8 Å². The molecule has 0 aliphatic carbocycles. The molecule has 11 amide bonds. The summed E-state index contributed by atoms with van der Waals surface area (Å²) in [6.45, 7) is 2.42. The first-order chi connectivity index (χ1) is 62.5. The van der Waals surface area contributed by atoms with Gasteiger partial charge in [-0.25, -0.2) is 0 Å². The van der Waals surface area contributed by atoms with Crippen molar-refractivity contribution >= 4 is 65.0 Å². The smallest absolute Gasteiger partial charge is 0.251 e. The standard InChI is InChI=1S/C80H135N11O40/c1-46(96)85-62-70(109)66(105)53(42-92)127-76(62)123-34-30-119-26-22-115-18-14-81-57(100)38-90(39-58(101)82-15-19-116-23-27-120-31-35-124-77-63(86-47(2)97)71(110)67(106)54(43-93)128-77)61(104)13-12-52(89-74(113)50-8-10-51(11-9-50)131-80(5,6)7)75(114)91(40-59(102)83-16-20-117-24-28-121-32-36-125-78-64(87-48(3)98)72(111)68(107)55(44-94)129-78)41-60(103)84-17-21-118-25-29-122-33-37-126-79-65(88-49(4)99)73(112)69(108)56(45-95)130-79/h8-11,52-56,62-73,76-79,92-95,105-112H,12-45H2,1-7H3,(H,81,100)(H,82,101)(H,83,102)(H,84,103)(H,85,96)(H,86,97)(H,87,98)(H,88,99)(H,89,113). The van der Waals surface area contributed by atoms with Gasteiger partial charge in [0.2, 0.25) is 59.1 Å². The molecule has 4 fully saturated rings. The average Bonchev–Trinajstić information content (AvgIpc) is 0.822. The topological polar surface area (TPSA) is 702 Å². The molecule has 131 heavy (non-hydrogen) atoms. The van der Waals surface area contributed by atoms with Gasteiger partial charge in [-0.1, -0.05) is 0 Å². The summed E-state index contributed by atoms with van der Waals surface area (Å²) >= 11 is 0. The van der Waals surface area contributed by atoms with E-state index in [0.29, 0.717) is 5.75 Å². The quantitative estimate of drug-likeness (QED) is 0.0269. The molecule has 4 aliphatic rings. The maximum Gasteiger partial charge on any atom is 0.251 e. The van der Waals surface area contributed by atoms with Gasteiger partial charge in [-0.05, 0) is 51.5 Å². The Morgan fingerprint density at radius 2 is 0.611 bits per heavy atom. The maximum absolute atomic E-state index is 15.2. The SMILES string of the molecule is CC(=O)NC1C(OCCOCCOCCNC(=O)CN(CC(=O)NCCOCCOCCOC2OC(CO)C(O)C(O)C2NC(C)=O)C(=O)CCC(NC(=O)c2ccc(OC(C)(C)C)cc2)C(=O)N(CC(=O)NCCOCCOCCOC2OC(CO)C(O)C(O)C2NC(C)=O)CC(=O)NCCOCCOCCOC2OC(CO)C(O)C(O)C2NC(C)=O)OC(CO)C(O)C1O. The highest BCUT2D eigenvalue weighted by atomic mass is 16.7. The molecule has 21 unspecified atom stereocenters. The molecular weight excluding hydrogens is 1750 g/mol. The molecule has 21 N–H and O–H groups in total. The van der Waals surface area contributed by atoms with Crippen LogP contribution < -0.4 is 52.6 Å². The van der Waals surface area contributed by atoms with Crippen LogP contribution in [0.2, 0.25) is 0 Å². The number of ether oxygens (including phenoxy) is 17. The Morgan fingerprint density at radius 3 is 0.863 bits per heavy atom. The second-order valence-corrected chi connectivity index (χ2v) is 31.3. The Labute approximate surface area is 756 Å². The van der Waals surface area contributed by atoms with Crippen molar-refractivity contribution in [3.63, 3.8) is 0 Å². The summed E-state index contributed by atoms with van der Waals surface area (Å²) in [6.07, 6.45) is -23.4. The van der Waals surface area contributed by atoms with Crippen molar-refractivity contribution in [2.75, 3.05) is 211 Å². The number of nitrogens with one attached hydrogen (secondary N) is 9. The number of rotatable bonds is 63. The number of nitrogens with zero attached hydrogens (tertiary/aromatic N) is 2. The first kappa shape index (κ1) is 114. The fourth-order valence-corrected chi connectivity index (χ4v) is 13.2. The highest BCUT2D eigenvalue weighted by Gasteiger charge is 2.50. The molecule has 0 aromatic heterocycles. The lowest BCUT2D eigenvalue weighted by Crippen LogP contribution is -2.64. The lowest BCUT2D eigenvalue weighted by Gasteiger charge is -2.42. The third kappa shape index (κ3) is 42.3. The zero-order valence-corrected chi connectivity index (χ0v) is 74.7. The Hall–Kier alpha value is -7.93. The van der Waals surface area contributed by atoms with Gasteiger partial charge in [-0.15, -0.1) is 0 Å². The predicted octanol–water partition coefficient (Wildman–Crippen LogP) is -12.2. The summed E-state index contributed by atoms with van der Waals surface area (Å²) in [7, 11) is 0. The molecule has 750 valence electrons. The molecule has 4 aliphatic heterocycles. The van der Waals surface area contributed by atoms with Crippen molar-refractivity contribution in [2.24, 2.45) is 0 Å². The number of aliphatic hydroxyl groups excluding tert-OH is 12. The fourth-order valence-electron chi connectivity index (χ4n) is 13.2. The highest BCUT2D eigenvalue weighted by molar-refractivity contribution is 5.99. The van der Waals surface area contributed by atoms with Crippen LogP contribution in [-0.2, 0) is 124 Å². The number of hydrogen-bond donors (Lipinski definition) is 21. The van der Waals surface area contributed by atoms with Gasteiger partial charge in [0.05, 0.1) is 159 Å². The molecule has 0 saturated carbocycles. The molecule has 1 aromatic carbocycles. The number of aliphatic hydroxyl groups is 12. The molecule has 4 saturated heterocycles. The summed E-state index contributed by atoms with van der Waals surface area (Å²) in [5, 5.41) is 145. The van der Waals surface area contributed by atoms with Gasteiger partial charge in [0.1, 0.15) is 141 Å². The Morgan fingerprint density at radius 1 is 0.359 bits per heavy atom. The molecule has 21 atom stereocenters. The van der Waals surface area contributed by atoms with Gasteiger partial charge < -0.3 is 199 Å². The van der Waals surface area contributed by atoms with E-state index in [-0.39, 0.29) is 164 Å². The van der Waals surface area contributed by atoms with Crippen LogP contribution in [0.1, 0.15) is 71.7 Å². The van der Waals surface area contributed by atoms with Crippen LogP contribution in [0, 0.1) is 0 Å². The monoisotopic (exact) mass is 1890 g/mol. The number of amides is 11. The first-order valence-corrected chi connectivity index (χ1v) is 42.9. The molecule has 51 nitrogen and oxygen atoms in total. The summed E-state index contributed by atoms with van der Waals surface area (Å²) in [5.74, 6) is -7.96. The number of carbonyl (C=O) groups is 11. The average molecular weight is 1890 g/mol. The fraction of sp³-hybridized carbons (Fsp3) is 0.787. The van der Waals surface area contributed by atoms with E-state index in [2.05, 4.69) is 47.9 Å². The minimum Gasteiger partial charge on any atom is -0.488 e. The van der Waals surface area contributed by atoms with E-state index in [9.17, 15) is 109 Å². The van der Waals surface area contributed by atoms with Crippen LogP contribution in [0.3, 0.4) is 0 Å². The lowest BCUT2D eigenvalue weighted by atomic mass is 9.97. The van der Waals surface area contributed by atoms with Crippen molar-refractivity contribution in [3.8, 4) is 5.75 Å². The molecule has 51 heteroatoms. The molecule has 4 heterocycles. The van der Waals surface area contributed by atoms with Crippen molar-refractivity contribution in [2.45, 2.75) is 196 Å². The van der Waals surface area contributed by atoms with Crippen molar-refractivity contribution in [1.82, 2.24) is 57.7 Å². The van der Waals surface area contributed by atoms with Crippen LogP contribution in [0.5, 0.6) is 5.75 Å². The maximum atomic E-state index is 15.2. The van der Waals surface area contributed by atoms with Gasteiger partial charge in [-0.2, -0.15) is 0 Å². The van der Waals surface area contributed by atoms with Crippen LogP contribution in [-0.4, -0.2) is 481 Å². The molecule has 5 rings (SSSR count). The number of hydrogen-bond acceptors (Lipinski definition) is 40. The number of benzene rings is 1. The van der Waals surface area contributed by atoms with E-state index in [4.69, 9.17) is 80.5 Å². The molecular formula is C80H135N11O40. The second-order valence-electron chi connectivity index (χ2n) is 31.3. The van der Waals surface area contributed by atoms with Crippen LogP contribution in [0.25, 0.3) is 0 Å². The molecule has 0 radical (unpaired) electrons. The zero-order chi connectivity index (χ0) is 96.5. The van der Waals surface area contributed by atoms with Crippen LogP contribution in [0.4, 0.5) is 0 Å². The third-order valence-electron chi connectivity index (χ3n) is 19.6. The van der Waals surface area contributed by atoms with E-state index in [1.807, 2.05) is 0 Å². The van der Waals surface area contributed by atoms with Gasteiger partial charge in [-0.3, -0.25) is 52.7 Å². The lowest BCUT2D eigenvalue weighted by molar-refractivity contribution is -0.272. The van der Waals surface area contributed by atoms with Crippen LogP contribution >= 0.6 is 0 Å². The molecule has 0 bridgehead atoms. The summed E-state index contributed by atoms with van der Waals surface area (Å²) in [4.78, 5) is 149. The third-order valence-corrected chi connectivity index (χ3v) is 19.6. The summed E-state index contributed by atoms with van der Waals surface area (Å²) in [5.41, 5.74) is -0.670. The van der Waals surface area contributed by atoms with E-state index >= 15 is 4.79 Å². The van der Waals surface area contributed by atoms with Crippen LogP contribution in [0.15, 0.2) is 24.3 Å². The van der Waals surface area contributed by atoms with Gasteiger partial charge in [0, 0.05) is 65.9 Å². The minimum atomic E-state index is -1.75. The van der Waals surface area contributed by atoms with Gasteiger partial charge in [0.15, 0.2) is 25.2 Å². The summed E-state index contributed by atoms with van der Waals surface area (Å²) in [6, 6.07) is -0.688. The van der Waals surface area contributed by atoms with E-state index in [0.717, 1.165) is 9.80 Å². The number of carbonyl (C=O) groups excluding carboxylic acids is 11. The van der Waals surface area contributed by atoms with E-state index in [1.165, 1.54) is 52.0 Å². The highest BCUT2D eigenvalue weighted by Crippen LogP contribution is 2.27. The summed E-state index contributed by atoms with van der Waals surface area (Å²) < 4.78 is 95.5. The Bertz CT molecular complexity index is 3380. The minimum absolute atomic E-state index is 0.00292. The molecule has 0 spiro atoms. The van der Waals surface area contributed by atoms with E-state index < -0.39 is 265 Å². The van der Waals surface area contributed by atoms with E-state index in [1.54, 1.807) is 20.8 Å². The van der Waals surface area contributed by atoms with Gasteiger partial charge in [0.25, 0.3) is 5.91 Å². The predicted molar refractivity (Wildman–Crippen MR) is 444 cm³/mol. The van der Waals surface area contributed by atoms with Crippen molar-refractivity contribution in [1.29, 1.82) is 0 Å². The first-order valence-electron chi connectivity index (χ1n) is 42.9. The Kier molecular flexibility index (Phi) is 53.6. The normalized spacial score (nSPS) is 25.7. The van der Waals surface area contributed by atoms with Gasteiger partial charge >= 0.3 is 0 Å². The Balaban J connectivity index is 1.27. The van der Waals surface area contributed by atoms with Crippen molar-refractivity contribution < 1.29 is 195 Å². The largest absolute Gasteiger partial charge is 0.488 e. The second kappa shape index (κ2) is 61.9.